The van der Waals surface area contributed by atoms with Gasteiger partial charge >= 0.3 is 57.4 Å². The molecule has 76 valence electrons. The molecule has 0 aromatic heterocycles. The minimum Gasteiger partial charge on any atom is -1.00 e. The Morgan fingerprint density at radius 3 is 2.64 bits per heavy atom. The number of likely N-dealkylation sites (tertiary alicyclic amines) is 1. The quantitative estimate of drug-likeness (QED) is 0.479. The molecule has 1 aliphatic rings. The van der Waals surface area contributed by atoms with Gasteiger partial charge in [0.2, 0.25) is 5.91 Å². The predicted molar refractivity (Wildman–Crippen MR) is 47.1 cm³/mol. The van der Waals surface area contributed by atoms with Crippen LogP contribution in [0.15, 0.2) is 0 Å². The Balaban J connectivity index is 0. The zero-order valence-corrected chi connectivity index (χ0v) is 11.7. The first-order chi connectivity index (χ1) is 6.04. The van der Waals surface area contributed by atoms with Crippen molar-refractivity contribution < 1.29 is 67.5 Å². The number of carbonyl (C=O) groups excluding carboxylic acids is 1. The summed E-state index contributed by atoms with van der Waals surface area (Å²) in [5.41, 5.74) is 5.39. The van der Waals surface area contributed by atoms with Crippen LogP contribution in [0.5, 0.6) is 0 Å². The summed E-state index contributed by atoms with van der Waals surface area (Å²) in [5.74, 6) is -1.21. The van der Waals surface area contributed by atoms with E-state index in [4.69, 9.17) is 10.8 Å². The molecule has 0 aromatic carbocycles. The van der Waals surface area contributed by atoms with Crippen molar-refractivity contribution in [2.45, 2.75) is 31.8 Å². The molecule has 0 aromatic rings. The van der Waals surface area contributed by atoms with Crippen LogP contribution in [0.1, 0.15) is 21.2 Å². The first-order valence-corrected chi connectivity index (χ1v) is 4.33. The zero-order chi connectivity index (χ0) is 10.0. The van der Waals surface area contributed by atoms with E-state index in [1.54, 1.807) is 6.92 Å². The average molecular weight is 226 g/mol. The van der Waals surface area contributed by atoms with Crippen LogP contribution in [-0.2, 0) is 9.59 Å². The smallest absolute Gasteiger partial charge is 1.00 e. The summed E-state index contributed by atoms with van der Waals surface area (Å²) in [5, 5.41) is 8.78. The van der Waals surface area contributed by atoms with Gasteiger partial charge in [0.05, 0.1) is 6.04 Å². The molecule has 2 atom stereocenters. The molecule has 0 saturated carbocycles. The molecule has 0 unspecified atom stereocenters. The van der Waals surface area contributed by atoms with Crippen LogP contribution in [0.25, 0.3) is 0 Å². The van der Waals surface area contributed by atoms with E-state index in [-0.39, 0.29) is 58.7 Å². The molecule has 1 heterocycles. The van der Waals surface area contributed by atoms with E-state index in [0.29, 0.717) is 13.0 Å². The van der Waals surface area contributed by atoms with Crippen molar-refractivity contribution in [3.05, 3.63) is 0 Å². The van der Waals surface area contributed by atoms with Crippen molar-refractivity contribution >= 4 is 11.9 Å². The summed E-state index contributed by atoms with van der Waals surface area (Å²) in [4.78, 5) is 23.5. The molecule has 0 aliphatic carbocycles. The number of carbonyl (C=O) groups is 2. The number of aliphatic carboxylic acids is 1. The molecule has 5 nitrogen and oxygen atoms in total. The molecule has 1 amide bonds. The third kappa shape index (κ3) is 3.29. The van der Waals surface area contributed by atoms with Gasteiger partial charge in [-0.15, -0.1) is 0 Å². The van der Waals surface area contributed by atoms with E-state index < -0.39 is 18.1 Å². The van der Waals surface area contributed by atoms with E-state index in [0.717, 1.165) is 6.42 Å². The number of carboxylic acid groups (broad SMARTS) is 1. The van der Waals surface area contributed by atoms with Gasteiger partial charge in [-0.1, -0.05) is 0 Å². The second kappa shape index (κ2) is 6.19. The van der Waals surface area contributed by atoms with Crippen molar-refractivity contribution in [1.29, 1.82) is 0 Å². The number of rotatable bonds is 2. The Hall–Kier alpha value is 0.536. The average Bonchev–Trinajstić information content (AvgIpc) is 2.50. The second-order valence-electron chi connectivity index (χ2n) is 3.32. The molecule has 0 bridgehead atoms. The van der Waals surface area contributed by atoms with Crippen LogP contribution in [-0.4, -0.2) is 40.5 Å². The molecule has 14 heavy (non-hydrogen) atoms. The number of nitrogens with two attached hydrogens (primary N) is 1. The van der Waals surface area contributed by atoms with Gasteiger partial charge in [-0.25, -0.2) is 4.79 Å². The van der Waals surface area contributed by atoms with Gasteiger partial charge < -0.3 is 17.2 Å². The van der Waals surface area contributed by atoms with Crippen molar-refractivity contribution in [2.75, 3.05) is 6.54 Å². The van der Waals surface area contributed by atoms with Crippen LogP contribution in [0.2, 0.25) is 0 Å². The van der Waals surface area contributed by atoms with E-state index in [9.17, 15) is 9.59 Å². The molecule has 3 N–H and O–H groups in total. The maximum atomic E-state index is 11.4. The minimum atomic E-state index is -0.938. The minimum absolute atomic E-state index is 0. The van der Waals surface area contributed by atoms with Gasteiger partial charge in [0, 0.05) is 6.54 Å². The topological polar surface area (TPSA) is 83.6 Å². The van der Waals surface area contributed by atoms with Gasteiger partial charge in [-0.2, -0.15) is 0 Å². The zero-order valence-electron chi connectivity index (χ0n) is 9.56. The van der Waals surface area contributed by atoms with Gasteiger partial charge in [0.25, 0.3) is 0 Å². The van der Waals surface area contributed by atoms with Gasteiger partial charge in [0.1, 0.15) is 6.04 Å². The standard InChI is InChI=1S/C8H14N2O3.K.H/c1-5(9)7(11)10-4-2-3-6(10)8(12)13;;/h5-6H,2-4,9H2,1H3,(H,12,13);;/q;+1;-1/t5-,6-;;/m0../s1. The summed E-state index contributed by atoms with van der Waals surface area (Å²) >= 11 is 0. The fourth-order valence-electron chi connectivity index (χ4n) is 1.55. The SMILES string of the molecule is C[C@H](N)C(=O)N1CCC[C@H]1C(=O)O.[H-].[K+]. The van der Waals surface area contributed by atoms with Crippen LogP contribution in [0.4, 0.5) is 0 Å². The number of hydrogen-bond acceptors (Lipinski definition) is 3. The predicted octanol–water partition coefficient (Wildman–Crippen LogP) is -3.47. The molecule has 0 radical (unpaired) electrons. The van der Waals surface area contributed by atoms with E-state index in [2.05, 4.69) is 0 Å². The van der Waals surface area contributed by atoms with Crippen LogP contribution < -0.4 is 57.1 Å². The van der Waals surface area contributed by atoms with Gasteiger partial charge in [-0.3, -0.25) is 4.79 Å². The molecule has 1 saturated heterocycles. The number of amides is 1. The van der Waals surface area contributed by atoms with E-state index in [1.807, 2.05) is 0 Å². The Morgan fingerprint density at radius 1 is 1.64 bits per heavy atom. The first kappa shape index (κ1) is 14.5. The molecular formula is C8H15KN2O3. The van der Waals surface area contributed by atoms with E-state index >= 15 is 0 Å². The molecule has 6 heteroatoms. The molecule has 1 aliphatic heterocycles. The fourth-order valence-corrected chi connectivity index (χ4v) is 1.55. The summed E-state index contributed by atoms with van der Waals surface area (Å²) in [6, 6.07) is -1.28. The van der Waals surface area contributed by atoms with Crippen LogP contribution >= 0.6 is 0 Å². The van der Waals surface area contributed by atoms with Crippen molar-refractivity contribution in [2.24, 2.45) is 5.73 Å². The molecule has 0 spiro atoms. The van der Waals surface area contributed by atoms with Gasteiger partial charge in [-0.05, 0) is 19.8 Å². The molecular weight excluding hydrogens is 211 g/mol. The van der Waals surface area contributed by atoms with Crippen molar-refractivity contribution in [1.82, 2.24) is 4.90 Å². The monoisotopic (exact) mass is 226 g/mol. The number of hydrogen-bond donors (Lipinski definition) is 2. The third-order valence-electron chi connectivity index (χ3n) is 2.21. The Kier molecular flexibility index (Phi) is 6.43. The Labute approximate surface area is 127 Å². The van der Waals surface area contributed by atoms with Crippen LogP contribution in [0, 0.1) is 0 Å². The van der Waals surface area contributed by atoms with E-state index in [1.165, 1.54) is 4.90 Å². The molecule has 1 fully saturated rings. The fraction of sp³-hybridized carbons (Fsp3) is 0.750. The molecule has 1 rings (SSSR count). The van der Waals surface area contributed by atoms with Crippen LogP contribution in [0.3, 0.4) is 0 Å². The summed E-state index contributed by atoms with van der Waals surface area (Å²) in [7, 11) is 0. The first-order valence-electron chi connectivity index (χ1n) is 4.33. The Bertz CT molecular complexity index is 238. The number of carboxylic acids is 1. The summed E-state index contributed by atoms with van der Waals surface area (Å²) in [6.07, 6.45) is 1.28. The summed E-state index contributed by atoms with van der Waals surface area (Å²) in [6.45, 7) is 2.08. The normalized spacial score (nSPS) is 22.7. The third-order valence-corrected chi connectivity index (χ3v) is 2.21. The maximum absolute atomic E-state index is 11.4. The number of nitrogens with zero attached hydrogens (tertiary/aromatic N) is 1. The largest absolute Gasteiger partial charge is 1.00 e. The summed E-state index contributed by atoms with van der Waals surface area (Å²) < 4.78 is 0. The van der Waals surface area contributed by atoms with Crippen molar-refractivity contribution in [3.8, 4) is 0 Å². The second-order valence-corrected chi connectivity index (χ2v) is 3.32. The van der Waals surface area contributed by atoms with Gasteiger partial charge in [0.15, 0.2) is 0 Å². The maximum Gasteiger partial charge on any atom is 1.00 e. The van der Waals surface area contributed by atoms with Crippen molar-refractivity contribution in [3.63, 3.8) is 0 Å². The Morgan fingerprint density at radius 2 is 2.21 bits per heavy atom.